The van der Waals surface area contributed by atoms with Gasteiger partial charge in [0.05, 0.1) is 0 Å². The van der Waals surface area contributed by atoms with Crippen LogP contribution in [0.4, 0.5) is 0 Å². The largest absolute Gasteiger partial charge is 0.343 e. The monoisotopic (exact) mass is 361 g/mol. The van der Waals surface area contributed by atoms with E-state index in [1.165, 1.54) is 61.4 Å². The molecule has 0 unspecified atom stereocenters. The highest BCUT2D eigenvalue weighted by atomic mass is 32.1. The summed E-state index contributed by atoms with van der Waals surface area (Å²) in [6.45, 7) is 1.82. The molecule has 25 heavy (non-hydrogen) atoms. The third-order valence-corrected chi connectivity index (χ3v) is 7.66. The smallest absolute Gasteiger partial charge is 0.222 e. The molecule has 1 aromatic rings. The first kappa shape index (κ1) is 17.4. The second kappa shape index (κ2) is 8.15. The predicted molar refractivity (Wildman–Crippen MR) is 101 cm³/mol. The van der Waals surface area contributed by atoms with E-state index < -0.39 is 0 Å². The summed E-state index contributed by atoms with van der Waals surface area (Å²) in [7, 11) is 0. The Kier molecular flexibility index (Phi) is 5.69. The van der Waals surface area contributed by atoms with Gasteiger partial charge in [0.2, 0.25) is 5.91 Å². The molecule has 0 atom stereocenters. The lowest BCUT2D eigenvalue weighted by atomic mass is 9.96. The zero-order chi connectivity index (χ0) is 17.1. The number of nitrogens with zero attached hydrogens (tertiary/aromatic N) is 3. The molecule has 0 radical (unpaired) electrons. The molecule has 4 nitrogen and oxygen atoms in total. The lowest BCUT2D eigenvalue weighted by Gasteiger charge is -2.31. The molecule has 5 heteroatoms. The van der Waals surface area contributed by atoms with Crippen molar-refractivity contribution in [3.8, 4) is 0 Å². The molecule has 0 bridgehead atoms. The number of hydrogen-bond acceptors (Lipinski definition) is 4. The first-order chi connectivity index (χ1) is 12.3. The number of carbonyl (C=O) groups is 1. The standard InChI is InChI=1S/C20H31N3OS/c24-19(14-16-7-3-4-8-16)23-11-9-17(10-12-23)20-22-21-18(25-20)13-15-5-1-2-6-15/h15-17H,1-14H2. The van der Waals surface area contributed by atoms with Crippen LogP contribution in [0.1, 0.15) is 86.6 Å². The fourth-order valence-corrected chi connectivity index (χ4v) is 6.07. The third-order valence-electron chi connectivity index (χ3n) is 6.56. The van der Waals surface area contributed by atoms with Crippen LogP contribution in [0.3, 0.4) is 0 Å². The van der Waals surface area contributed by atoms with Gasteiger partial charge >= 0.3 is 0 Å². The quantitative estimate of drug-likeness (QED) is 0.772. The van der Waals surface area contributed by atoms with Gasteiger partial charge in [0.15, 0.2) is 0 Å². The van der Waals surface area contributed by atoms with Gasteiger partial charge < -0.3 is 4.90 Å². The minimum Gasteiger partial charge on any atom is -0.343 e. The number of piperidine rings is 1. The molecule has 2 aliphatic carbocycles. The van der Waals surface area contributed by atoms with Crippen molar-refractivity contribution >= 4 is 17.2 Å². The summed E-state index contributed by atoms with van der Waals surface area (Å²) >= 11 is 1.84. The van der Waals surface area contributed by atoms with Crippen molar-refractivity contribution in [2.45, 2.75) is 83.0 Å². The Labute approximate surface area is 155 Å². The van der Waals surface area contributed by atoms with Gasteiger partial charge in [-0.05, 0) is 37.5 Å². The zero-order valence-corrected chi connectivity index (χ0v) is 16.1. The van der Waals surface area contributed by atoms with Gasteiger partial charge in [-0.2, -0.15) is 0 Å². The lowest BCUT2D eigenvalue weighted by molar-refractivity contribution is -0.133. The van der Waals surface area contributed by atoms with Crippen LogP contribution in [-0.4, -0.2) is 34.1 Å². The van der Waals surface area contributed by atoms with E-state index in [4.69, 9.17) is 0 Å². The number of carbonyl (C=O) groups excluding carboxylic acids is 1. The highest BCUT2D eigenvalue weighted by Crippen LogP contribution is 2.34. The van der Waals surface area contributed by atoms with E-state index in [-0.39, 0.29) is 0 Å². The Morgan fingerprint density at radius 1 is 0.920 bits per heavy atom. The van der Waals surface area contributed by atoms with Crippen LogP contribution in [0.15, 0.2) is 0 Å². The SMILES string of the molecule is O=C(CC1CCCC1)N1CCC(c2nnc(CC3CCCC3)s2)CC1. The molecule has 0 aromatic carbocycles. The fourth-order valence-electron chi connectivity index (χ4n) is 4.94. The first-order valence-corrected chi connectivity index (χ1v) is 11.2. The molecule has 1 aromatic heterocycles. The number of rotatable bonds is 5. The van der Waals surface area contributed by atoms with Crippen molar-refractivity contribution in [2.24, 2.45) is 11.8 Å². The lowest BCUT2D eigenvalue weighted by Crippen LogP contribution is -2.38. The normalized spacial score (nSPS) is 23.6. The third kappa shape index (κ3) is 4.42. The van der Waals surface area contributed by atoms with Crippen molar-refractivity contribution < 1.29 is 4.79 Å². The summed E-state index contributed by atoms with van der Waals surface area (Å²) in [6.07, 6.45) is 14.7. The van der Waals surface area contributed by atoms with Crippen LogP contribution in [0.2, 0.25) is 0 Å². The Morgan fingerprint density at radius 3 is 2.24 bits per heavy atom. The van der Waals surface area contributed by atoms with Crippen LogP contribution < -0.4 is 0 Å². The Hall–Kier alpha value is -0.970. The Bertz CT molecular complexity index is 567. The average Bonchev–Trinajstić information content (AvgIpc) is 3.38. The number of likely N-dealkylation sites (tertiary alicyclic amines) is 1. The summed E-state index contributed by atoms with van der Waals surface area (Å²) < 4.78 is 0. The maximum atomic E-state index is 12.5. The first-order valence-electron chi connectivity index (χ1n) is 10.4. The minimum absolute atomic E-state index is 0.393. The summed E-state index contributed by atoms with van der Waals surface area (Å²) in [5.74, 6) is 2.41. The van der Waals surface area contributed by atoms with E-state index in [0.717, 1.165) is 44.7 Å². The molecule has 0 N–H and O–H groups in total. The van der Waals surface area contributed by atoms with Crippen LogP contribution in [0.5, 0.6) is 0 Å². The Morgan fingerprint density at radius 2 is 1.56 bits per heavy atom. The van der Waals surface area contributed by atoms with Crippen molar-refractivity contribution in [2.75, 3.05) is 13.1 Å². The van der Waals surface area contributed by atoms with E-state index in [0.29, 0.717) is 17.7 Å². The van der Waals surface area contributed by atoms with Gasteiger partial charge in [0.25, 0.3) is 0 Å². The molecule has 1 amide bonds. The molecule has 2 saturated carbocycles. The summed E-state index contributed by atoms with van der Waals surface area (Å²) in [5, 5.41) is 11.4. The zero-order valence-electron chi connectivity index (χ0n) is 15.3. The van der Waals surface area contributed by atoms with Gasteiger partial charge in [-0.3, -0.25) is 4.79 Å². The van der Waals surface area contributed by atoms with Crippen molar-refractivity contribution in [3.63, 3.8) is 0 Å². The van der Waals surface area contributed by atoms with Crippen LogP contribution >= 0.6 is 11.3 Å². The van der Waals surface area contributed by atoms with Crippen LogP contribution in [-0.2, 0) is 11.2 Å². The van der Waals surface area contributed by atoms with E-state index in [2.05, 4.69) is 15.1 Å². The van der Waals surface area contributed by atoms with Crippen LogP contribution in [0.25, 0.3) is 0 Å². The molecule has 4 rings (SSSR count). The molecule has 1 aliphatic heterocycles. The number of aromatic nitrogens is 2. The number of amides is 1. The summed E-state index contributed by atoms with van der Waals surface area (Å²) in [6, 6.07) is 0. The summed E-state index contributed by atoms with van der Waals surface area (Å²) in [4.78, 5) is 14.6. The molecule has 3 aliphatic rings. The minimum atomic E-state index is 0.393. The Balaban J connectivity index is 1.25. The molecule has 138 valence electrons. The van der Waals surface area contributed by atoms with Crippen molar-refractivity contribution in [1.29, 1.82) is 0 Å². The van der Waals surface area contributed by atoms with E-state index >= 15 is 0 Å². The maximum Gasteiger partial charge on any atom is 0.222 e. The highest BCUT2D eigenvalue weighted by molar-refractivity contribution is 7.11. The molecular formula is C20H31N3OS. The van der Waals surface area contributed by atoms with Gasteiger partial charge in [0.1, 0.15) is 10.0 Å². The van der Waals surface area contributed by atoms with E-state index in [1.54, 1.807) is 0 Å². The average molecular weight is 362 g/mol. The van der Waals surface area contributed by atoms with Gasteiger partial charge in [0, 0.05) is 31.8 Å². The second-order valence-corrected chi connectivity index (χ2v) is 9.49. The molecule has 3 fully saturated rings. The van der Waals surface area contributed by atoms with Crippen molar-refractivity contribution in [1.82, 2.24) is 15.1 Å². The van der Waals surface area contributed by atoms with E-state index in [9.17, 15) is 4.79 Å². The molecular weight excluding hydrogens is 330 g/mol. The van der Waals surface area contributed by atoms with E-state index in [1.807, 2.05) is 11.3 Å². The summed E-state index contributed by atoms with van der Waals surface area (Å²) in [5.41, 5.74) is 0. The van der Waals surface area contributed by atoms with Crippen LogP contribution in [0, 0.1) is 11.8 Å². The second-order valence-electron chi connectivity index (χ2n) is 8.40. The maximum absolute atomic E-state index is 12.5. The molecule has 2 heterocycles. The highest BCUT2D eigenvalue weighted by Gasteiger charge is 2.28. The van der Waals surface area contributed by atoms with Crippen molar-refractivity contribution in [3.05, 3.63) is 10.0 Å². The topological polar surface area (TPSA) is 46.1 Å². The van der Waals surface area contributed by atoms with Gasteiger partial charge in [-0.15, -0.1) is 21.5 Å². The van der Waals surface area contributed by atoms with Gasteiger partial charge in [-0.1, -0.05) is 38.5 Å². The predicted octanol–water partition coefficient (Wildman–Crippen LogP) is 4.56. The molecule has 1 saturated heterocycles. The fraction of sp³-hybridized carbons (Fsp3) is 0.850. The number of hydrogen-bond donors (Lipinski definition) is 0. The van der Waals surface area contributed by atoms with Gasteiger partial charge in [-0.25, -0.2) is 0 Å². The molecule has 0 spiro atoms.